The number of sulfonamides is 1. The van der Waals surface area contributed by atoms with Crippen LogP contribution in [-0.4, -0.2) is 35.2 Å². The van der Waals surface area contributed by atoms with Gasteiger partial charge in [-0.15, -0.1) is 0 Å². The molecule has 0 atom stereocenters. The van der Waals surface area contributed by atoms with Crippen molar-refractivity contribution in [3.8, 4) is 11.3 Å². The topological polar surface area (TPSA) is 54.7 Å². The summed E-state index contributed by atoms with van der Waals surface area (Å²) in [7, 11) is -3.47. The number of nitrogens with zero attached hydrogens (tertiary/aromatic N) is 3. The van der Waals surface area contributed by atoms with E-state index in [-0.39, 0.29) is 0 Å². The first-order valence-electron chi connectivity index (χ1n) is 8.01. The molecular weight excluding hydrogens is 322 g/mol. The first-order chi connectivity index (χ1) is 11.5. The van der Waals surface area contributed by atoms with E-state index in [1.54, 1.807) is 18.2 Å². The minimum atomic E-state index is -3.47. The number of hydrogen-bond acceptors (Lipinski definition) is 3. The van der Waals surface area contributed by atoms with Gasteiger partial charge in [0, 0.05) is 31.0 Å². The maximum absolute atomic E-state index is 12.7. The molecule has 5 nitrogen and oxygen atoms in total. The van der Waals surface area contributed by atoms with Crippen LogP contribution in [0.5, 0.6) is 0 Å². The summed E-state index contributed by atoms with van der Waals surface area (Å²) in [6.07, 6.45) is 3.87. The lowest BCUT2D eigenvalue weighted by atomic mass is 10.2. The normalized spacial score (nSPS) is 12.2. The van der Waals surface area contributed by atoms with Gasteiger partial charge >= 0.3 is 0 Å². The number of benzene rings is 1. The van der Waals surface area contributed by atoms with Gasteiger partial charge in [-0.25, -0.2) is 13.4 Å². The zero-order valence-electron chi connectivity index (χ0n) is 14.1. The number of pyridine rings is 1. The standard InChI is InChI=1S/C18H21N3O2S/c1-4-21(5-2)24(22,23)16-8-6-7-15(12-16)17-13-20-10-9-14(3)11-18(20)19-17/h6-13H,4-5H2,1-3H3. The summed E-state index contributed by atoms with van der Waals surface area (Å²) in [6, 6.07) is 11.0. The van der Waals surface area contributed by atoms with Gasteiger partial charge in [0.1, 0.15) is 5.65 Å². The number of aromatic nitrogens is 2. The Kier molecular flexibility index (Phi) is 4.43. The van der Waals surface area contributed by atoms with Crippen LogP contribution in [0.4, 0.5) is 0 Å². The van der Waals surface area contributed by atoms with Crippen LogP contribution in [0.15, 0.2) is 53.7 Å². The molecule has 6 heteroatoms. The predicted octanol–water partition coefficient (Wildman–Crippen LogP) is 3.34. The van der Waals surface area contributed by atoms with Crippen LogP contribution in [0, 0.1) is 6.92 Å². The second kappa shape index (κ2) is 6.37. The molecule has 0 unspecified atom stereocenters. The highest BCUT2D eigenvalue weighted by atomic mass is 32.2. The summed E-state index contributed by atoms with van der Waals surface area (Å²) in [5.74, 6) is 0. The Morgan fingerprint density at radius 3 is 2.58 bits per heavy atom. The molecular formula is C18H21N3O2S. The SMILES string of the molecule is CCN(CC)S(=O)(=O)c1cccc(-c2cn3ccc(C)cc3n2)c1. The van der Waals surface area contributed by atoms with Gasteiger partial charge in [-0.05, 0) is 36.8 Å². The Balaban J connectivity index is 2.06. The van der Waals surface area contributed by atoms with Crippen LogP contribution >= 0.6 is 0 Å². The van der Waals surface area contributed by atoms with Crippen molar-refractivity contribution in [3.05, 3.63) is 54.4 Å². The van der Waals surface area contributed by atoms with Crippen molar-refractivity contribution in [2.75, 3.05) is 13.1 Å². The number of rotatable bonds is 5. The van der Waals surface area contributed by atoms with E-state index in [1.807, 2.05) is 55.8 Å². The molecule has 2 heterocycles. The fraction of sp³-hybridized carbons (Fsp3) is 0.278. The lowest BCUT2D eigenvalue weighted by Crippen LogP contribution is -2.30. The molecule has 3 aromatic rings. The summed E-state index contributed by atoms with van der Waals surface area (Å²) < 4.78 is 28.8. The smallest absolute Gasteiger partial charge is 0.243 e. The Morgan fingerprint density at radius 2 is 1.88 bits per heavy atom. The van der Waals surface area contributed by atoms with E-state index in [4.69, 9.17) is 0 Å². The summed E-state index contributed by atoms with van der Waals surface area (Å²) in [5, 5.41) is 0. The summed E-state index contributed by atoms with van der Waals surface area (Å²) in [4.78, 5) is 4.91. The van der Waals surface area contributed by atoms with E-state index in [0.29, 0.717) is 18.0 Å². The molecule has 24 heavy (non-hydrogen) atoms. The van der Waals surface area contributed by atoms with Crippen molar-refractivity contribution < 1.29 is 8.42 Å². The minimum absolute atomic E-state index is 0.303. The highest BCUT2D eigenvalue weighted by Gasteiger charge is 2.22. The largest absolute Gasteiger partial charge is 0.306 e. The van der Waals surface area contributed by atoms with Crippen molar-refractivity contribution in [3.63, 3.8) is 0 Å². The van der Waals surface area contributed by atoms with E-state index < -0.39 is 10.0 Å². The van der Waals surface area contributed by atoms with Gasteiger partial charge in [0.15, 0.2) is 0 Å². The van der Waals surface area contributed by atoms with Crippen LogP contribution in [0.2, 0.25) is 0 Å². The second-order valence-electron chi connectivity index (χ2n) is 5.71. The lowest BCUT2D eigenvalue weighted by Gasteiger charge is -2.18. The van der Waals surface area contributed by atoms with Crippen molar-refractivity contribution in [2.45, 2.75) is 25.7 Å². The van der Waals surface area contributed by atoms with Crippen LogP contribution in [0.1, 0.15) is 19.4 Å². The highest BCUT2D eigenvalue weighted by Crippen LogP contribution is 2.24. The van der Waals surface area contributed by atoms with Crippen LogP contribution in [0.25, 0.3) is 16.9 Å². The molecule has 0 saturated carbocycles. The summed E-state index contributed by atoms with van der Waals surface area (Å²) in [6.45, 7) is 6.61. The number of fused-ring (bicyclic) bond motifs is 1. The molecule has 0 N–H and O–H groups in total. The fourth-order valence-electron chi connectivity index (χ4n) is 2.75. The average Bonchev–Trinajstić information content (AvgIpc) is 2.99. The third-order valence-corrected chi connectivity index (χ3v) is 6.13. The Bertz CT molecular complexity index is 973. The maximum atomic E-state index is 12.7. The van der Waals surface area contributed by atoms with Crippen LogP contribution in [-0.2, 0) is 10.0 Å². The van der Waals surface area contributed by atoms with Gasteiger partial charge in [-0.3, -0.25) is 0 Å². The van der Waals surface area contributed by atoms with E-state index in [0.717, 1.165) is 22.5 Å². The lowest BCUT2D eigenvalue weighted by molar-refractivity contribution is 0.445. The van der Waals surface area contributed by atoms with E-state index in [2.05, 4.69) is 4.98 Å². The van der Waals surface area contributed by atoms with Gasteiger partial charge in [0.2, 0.25) is 10.0 Å². The monoisotopic (exact) mass is 343 g/mol. The molecule has 0 aliphatic carbocycles. The second-order valence-corrected chi connectivity index (χ2v) is 7.65. The Labute approximate surface area is 142 Å². The third-order valence-electron chi connectivity index (χ3n) is 4.09. The van der Waals surface area contributed by atoms with Gasteiger partial charge in [-0.1, -0.05) is 26.0 Å². The number of aryl methyl sites for hydroxylation is 1. The zero-order chi connectivity index (χ0) is 17.3. The molecule has 2 aromatic heterocycles. The van der Waals surface area contributed by atoms with E-state index in [1.165, 1.54) is 4.31 Å². The summed E-state index contributed by atoms with van der Waals surface area (Å²) >= 11 is 0. The molecule has 0 bridgehead atoms. The molecule has 0 fully saturated rings. The predicted molar refractivity (Wildman–Crippen MR) is 95.5 cm³/mol. The quantitative estimate of drug-likeness (QED) is 0.714. The fourth-order valence-corrected chi connectivity index (χ4v) is 4.26. The van der Waals surface area contributed by atoms with Crippen molar-refractivity contribution >= 4 is 15.7 Å². The maximum Gasteiger partial charge on any atom is 0.243 e. The molecule has 0 aliphatic rings. The molecule has 0 radical (unpaired) electrons. The molecule has 0 amide bonds. The van der Waals surface area contributed by atoms with Crippen molar-refractivity contribution in [2.24, 2.45) is 0 Å². The van der Waals surface area contributed by atoms with E-state index in [9.17, 15) is 8.42 Å². The average molecular weight is 343 g/mol. The highest BCUT2D eigenvalue weighted by molar-refractivity contribution is 7.89. The molecule has 3 rings (SSSR count). The first-order valence-corrected chi connectivity index (χ1v) is 9.45. The third kappa shape index (κ3) is 2.95. The Morgan fingerprint density at radius 1 is 1.12 bits per heavy atom. The van der Waals surface area contributed by atoms with Gasteiger partial charge in [0.25, 0.3) is 0 Å². The number of imidazole rings is 1. The Hall–Kier alpha value is -2.18. The van der Waals surface area contributed by atoms with Gasteiger partial charge < -0.3 is 4.40 Å². The van der Waals surface area contributed by atoms with Gasteiger partial charge in [0.05, 0.1) is 10.6 Å². The molecule has 126 valence electrons. The zero-order valence-corrected chi connectivity index (χ0v) is 14.9. The first kappa shape index (κ1) is 16.7. The molecule has 1 aromatic carbocycles. The minimum Gasteiger partial charge on any atom is -0.306 e. The van der Waals surface area contributed by atoms with E-state index >= 15 is 0 Å². The summed E-state index contributed by atoms with van der Waals surface area (Å²) in [5.41, 5.74) is 3.54. The van der Waals surface area contributed by atoms with Crippen LogP contribution in [0.3, 0.4) is 0 Å². The molecule has 0 saturated heterocycles. The van der Waals surface area contributed by atoms with Gasteiger partial charge in [-0.2, -0.15) is 4.31 Å². The molecule has 0 spiro atoms. The van der Waals surface area contributed by atoms with Crippen molar-refractivity contribution in [1.29, 1.82) is 0 Å². The van der Waals surface area contributed by atoms with Crippen LogP contribution < -0.4 is 0 Å². The van der Waals surface area contributed by atoms with Crippen molar-refractivity contribution in [1.82, 2.24) is 13.7 Å². The number of hydrogen-bond donors (Lipinski definition) is 0. The molecule has 0 aliphatic heterocycles.